The third kappa shape index (κ3) is 16.0. The summed E-state index contributed by atoms with van der Waals surface area (Å²) in [5.41, 5.74) is -2.23. The van der Waals surface area contributed by atoms with E-state index in [9.17, 15) is 47.7 Å². The molecular formula is C43H66O12SZn. The van der Waals surface area contributed by atoms with Crippen molar-refractivity contribution in [2.45, 2.75) is 168 Å². The minimum absolute atomic E-state index is 0. The number of Topliss-reactive ketones (excluding diaryl/α,β-unsaturated/α-hetero) is 2. The summed E-state index contributed by atoms with van der Waals surface area (Å²) in [5, 5.41) is 31.3. The number of carboxylic acid groups (broad SMARTS) is 2. The van der Waals surface area contributed by atoms with Crippen molar-refractivity contribution in [2.75, 3.05) is 6.61 Å². The Hall–Kier alpha value is -2.38. The van der Waals surface area contributed by atoms with E-state index in [0.29, 0.717) is 19.3 Å². The number of fused-ring (bicyclic) bond motifs is 5. The van der Waals surface area contributed by atoms with Crippen molar-refractivity contribution in [3.05, 3.63) is 36.0 Å². The Morgan fingerprint density at radius 3 is 1.82 bits per heavy atom. The monoisotopic (exact) mass is 870 g/mol. The van der Waals surface area contributed by atoms with Crippen LogP contribution in [0.1, 0.15) is 163 Å². The molecule has 4 aliphatic carbocycles. The molecule has 0 spiro atoms. The average Bonchev–Trinajstić information content (AvgIpc) is 3.40. The van der Waals surface area contributed by atoms with Crippen LogP contribution in [0.4, 0.5) is 0 Å². The Morgan fingerprint density at radius 1 is 0.825 bits per heavy atom. The summed E-state index contributed by atoms with van der Waals surface area (Å²) in [5.74, 6) is -3.24. The number of carbonyl (C=O) groups excluding carboxylic acids is 5. The van der Waals surface area contributed by atoms with Crippen LogP contribution in [0, 0.1) is 28.6 Å². The molecule has 0 radical (unpaired) electrons. The SMILES string of the molecule is CCCCCCCCC=CC(=O)[O-].CCCCCCCCC=CC(=O)[O-].C[C@]12CCC(=O)C=C1CC[C@@H]1C3CC[C@](O)(C(=O)COS(=O)(=O)O)[C@@]3(C)CC(=O)[C@H]12.[Zn+2]. The van der Waals surface area contributed by atoms with Crippen molar-refractivity contribution in [1.29, 1.82) is 0 Å². The van der Waals surface area contributed by atoms with Crippen LogP contribution in [-0.2, 0) is 58.0 Å². The summed E-state index contributed by atoms with van der Waals surface area (Å²) >= 11 is 0. The normalized spacial score (nSPS) is 27.8. The van der Waals surface area contributed by atoms with Gasteiger partial charge >= 0.3 is 29.9 Å². The van der Waals surface area contributed by atoms with E-state index in [-0.39, 0.29) is 67.1 Å². The van der Waals surface area contributed by atoms with Crippen molar-refractivity contribution >= 4 is 39.7 Å². The van der Waals surface area contributed by atoms with Crippen molar-refractivity contribution in [3.63, 3.8) is 0 Å². The minimum Gasteiger partial charge on any atom is -0.545 e. The summed E-state index contributed by atoms with van der Waals surface area (Å²) in [7, 11) is -4.81. The van der Waals surface area contributed by atoms with Crippen molar-refractivity contribution in [3.8, 4) is 0 Å². The fourth-order valence-electron chi connectivity index (χ4n) is 9.54. The van der Waals surface area contributed by atoms with E-state index in [4.69, 9.17) is 4.55 Å². The number of carboxylic acids is 2. The summed E-state index contributed by atoms with van der Waals surface area (Å²) < 4.78 is 34.7. The van der Waals surface area contributed by atoms with Gasteiger partial charge in [0.2, 0.25) is 0 Å². The van der Waals surface area contributed by atoms with Crippen molar-refractivity contribution in [1.82, 2.24) is 0 Å². The summed E-state index contributed by atoms with van der Waals surface area (Å²) in [6, 6.07) is 0. The number of aliphatic hydroxyl groups is 1. The van der Waals surface area contributed by atoms with Gasteiger partial charge in [-0.1, -0.05) is 110 Å². The Balaban J connectivity index is 0.000000504. The summed E-state index contributed by atoms with van der Waals surface area (Å²) in [6.07, 6.45) is 27.1. The molecule has 4 rings (SSSR count). The molecule has 12 nitrogen and oxygen atoms in total. The van der Waals surface area contributed by atoms with Crippen LogP contribution >= 0.6 is 0 Å². The largest absolute Gasteiger partial charge is 2.00 e. The molecule has 0 aromatic rings. The van der Waals surface area contributed by atoms with Gasteiger partial charge in [0.15, 0.2) is 11.6 Å². The van der Waals surface area contributed by atoms with Gasteiger partial charge in [0, 0.05) is 24.2 Å². The number of hydrogen-bond acceptors (Lipinski definition) is 11. The molecule has 0 heterocycles. The van der Waals surface area contributed by atoms with Gasteiger partial charge < -0.3 is 24.9 Å². The van der Waals surface area contributed by atoms with Gasteiger partial charge in [-0.15, -0.1) is 0 Å². The van der Waals surface area contributed by atoms with Crippen LogP contribution in [0.5, 0.6) is 0 Å². The van der Waals surface area contributed by atoms with E-state index in [2.05, 4.69) is 25.0 Å². The van der Waals surface area contributed by atoms with E-state index in [1.807, 2.05) is 0 Å². The molecule has 0 amide bonds. The number of aliphatic carboxylic acids is 2. The molecule has 2 N–H and O–H groups in total. The van der Waals surface area contributed by atoms with Crippen LogP contribution in [0.2, 0.25) is 0 Å². The van der Waals surface area contributed by atoms with E-state index in [1.54, 1.807) is 25.2 Å². The van der Waals surface area contributed by atoms with Gasteiger partial charge in [0.25, 0.3) is 0 Å². The van der Waals surface area contributed by atoms with Crippen LogP contribution in [0.15, 0.2) is 36.0 Å². The van der Waals surface area contributed by atoms with Gasteiger partial charge in [0.1, 0.15) is 18.0 Å². The van der Waals surface area contributed by atoms with Gasteiger partial charge in [-0.3, -0.25) is 18.9 Å². The van der Waals surface area contributed by atoms with Gasteiger partial charge in [-0.25, -0.2) is 4.18 Å². The van der Waals surface area contributed by atoms with E-state index in [0.717, 1.165) is 56.3 Å². The molecule has 57 heavy (non-hydrogen) atoms. The van der Waals surface area contributed by atoms with Crippen LogP contribution in [0.25, 0.3) is 0 Å². The Kier molecular flexibility index (Phi) is 23.4. The van der Waals surface area contributed by atoms with Gasteiger partial charge in [0.05, 0.1) is 11.9 Å². The number of hydrogen-bond donors (Lipinski definition) is 2. The molecule has 0 aromatic heterocycles. The standard InChI is InChI=1S/C21H28O8S.2C11H20O2.Zn/c1-19-7-5-13(22)9-12(19)3-4-14-15-6-8-21(25,17(24)11-29-30(26,27)28)20(15,2)10-16(23)18(14)19;2*1-2-3-4-5-6-7-8-9-10-11(12)13;/h9,14-15,18,25H,3-8,10-11H2,1-2H3,(H,26,27,28);2*9-10H,2-8H2,1H3,(H,12,13);/q;;;+2/p-2/t14-,15?,18+,19+,20+,21+;;;/m1.../s1. The molecule has 0 saturated heterocycles. The molecule has 1 unspecified atom stereocenters. The maximum absolute atomic E-state index is 13.4. The molecule has 0 aliphatic heterocycles. The van der Waals surface area contributed by atoms with Gasteiger partial charge in [-0.2, -0.15) is 8.42 Å². The van der Waals surface area contributed by atoms with E-state index in [1.165, 1.54) is 64.2 Å². The van der Waals surface area contributed by atoms with Gasteiger partial charge in [-0.05, 0) is 93.3 Å². The second kappa shape index (κ2) is 25.3. The topological polar surface area (TPSA) is 215 Å². The zero-order chi connectivity index (χ0) is 42.0. The first-order valence-electron chi connectivity index (χ1n) is 20.7. The first-order valence-corrected chi connectivity index (χ1v) is 22.1. The third-order valence-electron chi connectivity index (χ3n) is 12.6. The van der Waals surface area contributed by atoms with Crippen LogP contribution in [0.3, 0.4) is 0 Å². The van der Waals surface area contributed by atoms with Crippen LogP contribution in [-0.4, -0.2) is 59.6 Å². The van der Waals surface area contributed by atoms with Crippen LogP contribution < -0.4 is 10.2 Å². The maximum atomic E-state index is 13.4. The molecule has 0 bridgehead atoms. The summed E-state index contributed by atoms with van der Waals surface area (Å²) in [4.78, 5) is 58.1. The molecular weight excluding hydrogens is 806 g/mol. The van der Waals surface area contributed by atoms with E-state index < -0.39 is 45.7 Å². The maximum Gasteiger partial charge on any atom is 2.00 e. The zero-order valence-electron chi connectivity index (χ0n) is 34.8. The molecule has 318 valence electrons. The molecule has 3 fully saturated rings. The molecule has 6 atom stereocenters. The zero-order valence-corrected chi connectivity index (χ0v) is 38.6. The quantitative estimate of drug-likeness (QED) is 0.0633. The third-order valence-corrected chi connectivity index (χ3v) is 13.0. The number of rotatable bonds is 20. The first kappa shape index (κ1) is 52.6. The molecule has 3 saturated carbocycles. The van der Waals surface area contributed by atoms with E-state index >= 15 is 0 Å². The van der Waals surface area contributed by atoms with Crippen molar-refractivity contribution in [2.24, 2.45) is 28.6 Å². The second-order valence-corrected chi connectivity index (χ2v) is 17.6. The predicted octanol–water partition coefficient (Wildman–Crippen LogP) is 5.90. The average molecular weight is 872 g/mol. The van der Waals surface area contributed by atoms with Crippen molar-refractivity contribution < 1.29 is 75.9 Å². The second-order valence-electron chi connectivity index (χ2n) is 16.5. The fourth-order valence-corrected chi connectivity index (χ4v) is 9.79. The fraction of sp³-hybridized carbons (Fsp3) is 0.744. The number of carbonyl (C=O) groups is 5. The number of allylic oxidation sites excluding steroid dienone is 3. The molecule has 0 aromatic carbocycles. The predicted molar refractivity (Wildman–Crippen MR) is 209 cm³/mol. The Labute approximate surface area is 353 Å². The summed E-state index contributed by atoms with van der Waals surface area (Å²) in [6.45, 7) is 7.23. The number of ketones is 3. The smallest absolute Gasteiger partial charge is 0.545 e. The number of unbranched alkanes of at least 4 members (excludes halogenated alkanes) is 12. The minimum atomic E-state index is -4.81. The Morgan fingerprint density at radius 2 is 1.33 bits per heavy atom. The molecule has 4 aliphatic rings. The molecule has 14 heteroatoms. The first-order chi connectivity index (χ1) is 26.4. The Bertz CT molecular complexity index is 1500.